The van der Waals surface area contributed by atoms with Crippen LogP contribution in [0, 0.1) is 10.1 Å². The first-order chi connectivity index (χ1) is 15.3. The summed E-state index contributed by atoms with van der Waals surface area (Å²) in [5.74, 6) is -0.652. The van der Waals surface area contributed by atoms with E-state index in [9.17, 15) is 14.9 Å². The van der Waals surface area contributed by atoms with Crippen LogP contribution >= 0.6 is 34.5 Å². The molecule has 1 aliphatic heterocycles. The van der Waals surface area contributed by atoms with E-state index in [1.807, 2.05) is 24.3 Å². The molecule has 1 aromatic heterocycles. The lowest BCUT2D eigenvalue weighted by Crippen LogP contribution is -2.36. The Kier molecular flexibility index (Phi) is 6.47. The Morgan fingerprint density at radius 1 is 1.19 bits per heavy atom. The zero-order valence-corrected chi connectivity index (χ0v) is 18.8. The highest BCUT2D eigenvalue weighted by Crippen LogP contribution is 2.37. The van der Waals surface area contributed by atoms with Crippen LogP contribution in [0.2, 0.25) is 10.0 Å². The van der Waals surface area contributed by atoms with Crippen LogP contribution in [0.4, 0.5) is 28.0 Å². The van der Waals surface area contributed by atoms with Crippen LogP contribution in [0.15, 0.2) is 36.4 Å². The molecule has 1 fully saturated rings. The summed E-state index contributed by atoms with van der Waals surface area (Å²) in [5, 5.41) is 14.3. The quantitative estimate of drug-likeness (QED) is 0.286. The second kappa shape index (κ2) is 9.29. The van der Waals surface area contributed by atoms with E-state index >= 15 is 0 Å². The molecule has 0 unspecified atom stereocenters. The minimum Gasteiger partial charge on any atom is -0.382 e. The van der Waals surface area contributed by atoms with Crippen LogP contribution in [-0.2, 0) is 4.74 Å². The van der Waals surface area contributed by atoms with Crippen LogP contribution in [0.25, 0.3) is 0 Å². The first kappa shape index (κ1) is 22.3. The van der Waals surface area contributed by atoms with Gasteiger partial charge in [0.05, 0.1) is 28.7 Å². The van der Waals surface area contributed by atoms with Crippen molar-refractivity contribution in [3.05, 3.63) is 67.0 Å². The van der Waals surface area contributed by atoms with E-state index in [0.717, 1.165) is 41.9 Å². The maximum absolute atomic E-state index is 13.0. The number of aromatic nitrogens is 1. The summed E-state index contributed by atoms with van der Waals surface area (Å²) in [7, 11) is 0. The number of nitrogens with zero attached hydrogens (tertiary/aromatic N) is 3. The van der Waals surface area contributed by atoms with Crippen molar-refractivity contribution in [3.8, 4) is 0 Å². The van der Waals surface area contributed by atoms with Gasteiger partial charge in [0, 0.05) is 30.5 Å². The number of benzene rings is 2. The summed E-state index contributed by atoms with van der Waals surface area (Å²) in [6.45, 7) is 3.08. The number of nitrogens with one attached hydrogen (secondary N) is 1. The standard InChI is InChI=1S/C20H17Cl2N5O4S/c21-13-5-6-14(27(29)30)16(22)15(13)17(28)18-19(23)25-20(32-18)24-11-1-3-12(4-2-11)26-7-9-31-10-8-26/h1-6H,7-10,23H2,(H,24,25). The van der Waals surface area contributed by atoms with E-state index in [1.54, 1.807) is 0 Å². The van der Waals surface area contributed by atoms with Gasteiger partial charge >= 0.3 is 0 Å². The number of thiazole rings is 1. The number of hydrogen-bond acceptors (Lipinski definition) is 9. The molecule has 9 nitrogen and oxygen atoms in total. The number of nitro groups is 1. The van der Waals surface area contributed by atoms with Crippen LogP contribution in [0.1, 0.15) is 15.2 Å². The highest BCUT2D eigenvalue weighted by atomic mass is 35.5. The van der Waals surface area contributed by atoms with Gasteiger partial charge in [-0.25, -0.2) is 4.98 Å². The molecule has 1 saturated heterocycles. The van der Waals surface area contributed by atoms with Gasteiger partial charge in [0.1, 0.15) is 15.7 Å². The minimum absolute atomic E-state index is 0.00777. The van der Waals surface area contributed by atoms with E-state index in [0.29, 0.717) is 18.3 Å². The first-order valence-corrected chi connectivity index (χ1v) is 11.1. The van der Waals surface area contributed by atoms with Gasteiger partial charge < -0.3 is 20.7 Å². The molecular weight excluding hydrogens is 477 g/mol. The van der Waals surface area contributed by atoms with E-state index in [2.05, 4.69) is 15.2 Å². The van der Waals surface area contributed by atoms with Gasteiger partial charge in [0.15, 0.2) is 5.13 Å². The predicted octanol–water partition coefficient (Wildman–Crippen LogP) is 4.75. The van der Waals surface area contributed by atoms with Crippen molar-refractivity contribution in [2.45, 2.75) is 0 Å². The number of carbonyl (C=O) groups excluding carboxylic acids is 1. The Morgan fingerprint density at radius 3 is 2.53 bits per heavy atom. The smallest absolute Gasteiger partial charge is 0.288 e. The van der Waals surface area contributed by atoms with Gasteiger partial charge in [-0.2, -0.15) is 0 Å². The fraction of sp³-hybridized carbons (Fsp3) is 0.200. The Bertz CT molecular complexity index is 1180. The molecule has 3 aromatic rings. The number of anilines is 4. The van der Waals surface area contributed by atoms with E-state index < -0.39 is 16.4 Å². The van der Waals surface area contributed by atoms with Crippen molar-refractivity contribution in [1.29, 1.82) is 0 Å². The van der Waals surface area contributed by atoms with Crippen molar-refractivity contribution in [1.82, 2.24) is 4.98 Å². The van der Waals surface area contributed by atoms with Crippen LogP contribution in [-0.4, -0.2) is 42.0 Å². The molecule has 2 aromatic carbocycles. The van der Waals surface area contributed by atoms with Crippen LogP contribution in [0.3, 0.4) is 0 Å². The molecule has 0 radical (unpaired) electrons. The number of halogens is 2. The van der Waals surface area contributed by atoms with Crippen LogP contribution in [0.5, 0.6) is 0 Å². The highest BCUT2D eigenvalue weighted by molar-refractivity contribution is 7.18. The molecule has 32 heavy (non-hydrogen) atoms. The van der Waals surface area contributed by atoms with Gasteiger partial charge in [0.25, 0.3) is 5.69 Å². The van der Waals surface area contributed by atoms with Gasteiger partial charge in [-0.3, -0.25) is 14.9 Å². The van der Waals surface area contributed by atoms with Gasteiger partial charge in [-0.05, 0) is 30.3 Å². The fourth-order valence-corrected chi connectivity index (χ4v) is 4.72. The Morgan fingerprint density at radius 2 is 1.88 bits per heavy atom. The highest BCUT2D eigenvalue weighted by Gasteiger charge is 2.27. The summed E-state index contributed by atoms with van der Waals surface area (Å²) in [4.78, 5) is 30.0. The summed E-state index contributed by atoms with van der Waals surface area (Å²) in [6.07, 6.45) is 0. The number of ether oxygens (including phenoxy) is 1. The fourth-order valence-electron chi connectivity index (χ4n) is 3.25. The second-order valence-corrected chi connectivity index (χ2v) is 8.63. The third kappa shape index (κ3) is 4.49. The Labute approximate surface area is 196 Å². The number of nitro benzene ring substituents is 1. The number of rotatable bonds is 6. The molecule has 0 bridgehead atoms. The zero-order valence-electron chi connectivity index (χ0n) is 16.5. The number of morpholine rings is 1. The van der Waals surface area contributed by atoms with Gasteiger partial charge in [-0.15, -0.1) is 0 Å². The second-order valence-electron chi connectivity index (χ2n) is 6.85. The SMILES string of the molecule is Nc1nc(Nc2ccc(N3CCOCC3)cc2)sc1C(=O)c1c(Cl)ccc([N+](=O)[O-])c1Cl. The van der Waals surface area contributed by atoms with Gasteiger partial charge in [0.2, 0.25) is 5.78 Å². The summed E-state index contributed by atoms with van der Waals surface area (Å²) >= 11 is 13.2. The minimum atomic E-state index is -0.682. The predicted molar refractivity (Wildman–Crippen MR) is 126 cm³/mol. The molecule has 0 amide bonds. The Hall–Kier alpha value is -2.92. The largest absolute Gasteiger partial charge is 0.382 e. The van der Waals surface area contributed by atoms with Crippen molar-refractivity contribution in [2.75, 3.05) is 42.3 Å². The molecule has 0 aliphatic carbocycles. The van der Waals surface area contributed by atoms with E-state index in [4.69, 9.17) is 33.7 Å². The average Bonchev–Trinajstić information content (AvgIpc) is 3.14. The molecule has 12 heteroatoms. The third-order valence-electron chi connectivity index (χ3n) is 4.85. The number of hydrogen-bond donors (Lipinski definition) is 2. The summed E-state index contributed by atoms with van der Waals surface area (Å²) in [6, 6.07) is 10.2. The Balaban J connectivity index is 1.55. The maximum atomic E-state index is 13.0. The average molecular weight is 494 g/mol. The van der Waals surface area contributed by atoms with Crippen molar-refractivity contribution < 1.29 is 14.5 Å². The van der Waals surface area contributed by atoms with E-state index in [1.165, 1.54) is 6.07 Å². The zero-order chi connectivity index (χ0) is 22.8. The molecule has 3 N–H and O–H groups in total. The monoisotopic (exact) mass is 493 g/mol. The number of ketones is 1. The topological polar surface area (TPSA) is 124 Å². The number of nitrogens with two attached hydrogens (primary N) is 1. The normalized spacial score (nSPS) is 13.8. The van der Waals surface area contributed by atoms with Gasteiger partial charge in [-0.1, -0.05) is 34.5 Å². The summed E-state index contributed by atoms with van der Waals surface area (Å²) < 4.78 is 5.37. The molecule has 0 atom stereocenters. The van der Waals surface area contributed by atoms with Crippen LogP contribution < -0.4 is 16.0 Å². The number of carbonyl (C=O) groups is 1. The lowest BCUT2D eigenvalue weighted by atomic mass is 10.1. The van der Waals surface area contributed by atoms with Crippen molar-refractivity contribution >= 4 is 68.3 Å². The van der Waals surface area contributed by atoms with E-state index in [-0.39, 0.29) is 26.3 Å². The molecular formula is C20H17Cl2N5O4S. The molecule has 0 saturated carbocycles. The van der Waals surface area contributed by atoms with Crippen molar-refractivity contribution in [2.24, 2.45) is 0 Å². The summed E-state index contributed by atoms with van der Waals surface area (Å²) in [5.41, 5.74) is 7.21. The molecule has 166 valence electrons. The number of nitrogen functional groups attached to an aromatic ring is 1. The lowest BCUT2D eigenvalue weighted by molar-refractivity contribution is -0.384. The first-order valence-electron chi connectivity index (χ1n) is 9.48. The van der Waals surface area contributed by atoms with Crippen molar-refractivity contribution in [3.63, 3.8) is 0 Å². The maximum Gasteiger partial charge on any atom is 0.288 e. The molecule has 2 heterocycles. The lowest BCUT2D eigenvalue weighted by Gasteiger charge is -2.28. The molecule has 4 rings (SSSR count). The molecule has 1 aliphatic rings. The third-order valence-corrected chi connectivity index (χ3v) is 6.53. The molecule has 0 spiro atoms.